The fourth-order valence-corrected chi connectivity index (χ4v) is 3.20. The summed E-state index contributed by atoms with van der Waals surface area (Å²) >= 11 is 15.9. The van der Waals surface area contributed by atoms with Gasteiger partial charge < -0.3 is 5.32 Å². The van der Waals surface area contributed by atoms with Gasteiger partial charge >= 0.3 is 0 Å². The minimum Gasteiger partial charge on any atom is -0.309 e. The van der Waals surface area contributed by atoms with Crippen molar-refractivity contribution >= 4 is 39.1 Å². The van der Waals surface area contributed by atoms with Crippen molar-refractivity contribution < 1.29 is 0 Å². The lowest BCUT2D eigenvalue weighted by atomic mass is 9.93. The van der Waals surface area contributed by atoms with Gasteiger partial charge in [0.05, 0.1) is 6.04 Å². The van der Waals surface area contributed by atoms with E-state index >= 15 is 0 Å². The topological polar surface area (TPSA) is 12.0 Å². The van der Waals surface area contributed by atoms with Crippen molar-refractivity contribution in [1.29, 1.82) is 0 Å². The molecule has 1 N–H and O–H groups in total. The number of nitrogens with one attached hydrogen (secondary N) is 1. The molecule has 1 atom stereocenters. The fourth-order valence-electron chi connectivity index (χ4n) is 2.33. The van der Waals surface area contributed by atoms with Crippen LogP contribution in [0.2, 0.25) is 10.0 Å². The molecule has 2 aromatic rings. The molecule has 20 heavy (non-hydrogen) atoms. The van der Waals surface area contributed by atoms with Gasteiger partial charge in [-0.1, -0.05) is 45.2 Å². The average Bonchev–Trinajstić information content (AvgIpc) is 2.40. The van der Waals surface area contributed by atoms with Gasteiger partial charge in [0.1, 0.15) is 0 Å². The third-order valence-electron chi connectivity index (χ3n) is 3.42. The van der Waals surface area contributed by atoms with E-state index < -0.39 is 0 Å². The molecule has 0 bridgehead atoms. The Balaban J connectivity index is 2.58. The van der Waals surface area contributed by atoms with E-state index in [1.807, 2.05) is 38.2 Å². The highest BCUT2D eigenvalue weighted by atomic mass is 79.9. The highest BCUT2D eigenvalue weighted by Gasteiger charge is 2.18. The van der Waals surface area contributed by atoms with Crippen molar-refractivity contribution in [3.63, 3.8) is 0 Å². The Hall–Kier alpha value is -0.540. The van der Waals surface area contributed by atoms with Crippen LogP contribution < -0.4 is 5.32 Å². The van der Waals surface area contributed by atoms with Crippen molar-refractivity contribution in [3.8, 4) is 0 Å². The first-order chi connectivity index (χ1) is 9.43. The van der Waals surface area contributed by atoms with Crippen LogP contribution in [0, 0.1) is 13.8 Å². The second-order valence-electron chi connectivity index (χ2n) is 4.85. The fraction of sp³-hybridized carbons (Fsp3) is 0.250. The van der Waals surface area contributed by atoms with Crippen LogP contribution in [0.1, 0.15) is 28.3 Å². The predicted molar refractivity (Wildman–Crippen MR) is 91.0 cm³/mol. The molecule has 0 saturated heterocycles. The molecule has 0 aromatic heterocycles. The summed E-state index contributed by atoms with van der Waals surface area (Å²) in [7, 11) is 1.95. The van der Waals surface area contributed by atoms with Crippen LogP contribution in [-0.4, -0.2) is 7.05 Å². The molecular formula is C16H16BrCl2N. The number of hydrogen-bond acceptors (Lipinski definition) is 1. The molecule has 0 fully saturated rings. The summed E-state index contributed by atoms with van der Waals surface area (Å²) in [5.74, 6) is 0. The standard InChI is InChI=1S/C16H16BrCl2N/c1-9-7-15(19)10(2)6-12(9)16(20-3)13-8-11(18)4-5-14(13)17/h4-8,16,20H,1-3H3. The quantitative estimate of drug-likeness (QED) is 0.730. The van der Waals surface area contributed by atoms with E-state index in [9.17, 15) is 0 Å². The minimum atomic E-state index is 0.0686. The van der Waals surface area contributed by atoms with Gasteiger partial charge in [0.25, 0.3) is 0 Å². The largest absolute Gasteiger partial charge is 0.309 e. The maximum Gasteiger partial charge on any atom is 0.0588 e. The molecule has 4 heteroatoms. The number of halogens is 3. The zero-order chi connectivity index (χ0) is 14.9. The first-order valence-corrected chi connectivity index (χ1v) is 7.87. The summed E-state index contributed by atoms with van der Waals surface area (Å²) in [6.07, 6.45) is 0. The molecule has 0 aliphatic rings. The lowest BCUT2D eigenvalue weighted by molar-refractivity contribution is 0.684. The van der Waals surface area contributed by atoms with Crippen LogP contribution in [0.15, 0.2) is 34.8 Å². The van der Waals surface area contributed by atoms with Crippen LogP contribution >= 0.6 is 39.1 Å². The monoisotopic (exact) mass is 371 g/mol. The molecule has 0 spiro atoms. The molecule has 2 aromatic carbocycles. The lowest BCUT2D eigenvalue weighted by Crippen LogP contribution is -2.19. The summed E-state index contributed by atoms with van der Waals surface area (Å²) < 4.78 is 1.04. The molecular weight excluding hydrogens is 357 g/mol. The summed E-state index contributed by atoms with van der Waals surface area (Å²) in [6, 6.07) is 10.0. The van der Waals surface area contributed by atoms with Crippen LogP contribution in [0.5, 0.6) is 0 Å². The van der Waals surface area contributed by atoms with E-state index in [4.69, 9.17) is 23.2 Å². The van der Waals surface area contributed by atoms with Crippen molar-refractivity contribution in [3.05, 3.63) is 67.1 Å². The Morgan fingerprint density at radius 2 is 1.70 bits per heavy atom. The van der Waals surface area contributed by atoms with Crippen molar-refractivity contribution in [2.45, 2.75) is 19.9 Å². The number of benzene rings is 2. The van der Waals surface area contributed by atoms with Crippen LogP contribution in [0.25, 0.3) is 0 Å². The van der Waals surface area contributed by atoms with E-state index in [2.05, 4.69) is 34.2 Å². The van der Waals surface area contributed by atoms with Gasteiger partial charge in [-0.2, -0.15) is 0 Å². The molecule has 0 amide bonds. The highest BCUT2D eigenvalue weighted by Crippen LogP contribution is 2.34. The summed E-state index contributed by atoms with van der Waals surface area (Å²) in [5, 5.41) is 4.88. The van der Waals surface area contributed by atoms with Gasteiger partial charge in [-0.25, -0.2) is 0 Å². The maximum absolute atomic E-state index is 6.19. The van der Waals surface area contributed by atoms with Gasteiger partial charge in [0, 0.05) is 14.5 Å². The van der Waals surface area contributed by atoms with E-state index in [1.54, 1.807) is 0 Å². The van der Waals surface area contributed by atoms with Crippen molar-refractivity contribution in [1.82, 2.24) is 5.32 Å². The van der Waals surface area contributed by atoms with Crippen LogP contribution in [-0.2, 0) is 0 Å². The average molecular weight is 373 g/mol. The zero-order valence-electron chi connectivity index (χ0n) is 11.6. The van der Waals surface area contributed by atoms with Crippen LogP contribution in [0.3, 0.4) is 0 Å². The molecule has 0 aliphatic carbocycles. The summed E-state index contributed by atoms with van der Waals surface area (Å²) in [5.41, 5.74) is 4.56. The second-order valence-corrected chi connectivity index (χ2v) is 6.54. The summed E-state index contributed by atoms with van der Waals surface area (Å²) in [4.78, 5) is 0. The maximum atomic E-state index is 6.19. The molecule has 0 heterocycles. The van der Waals surface area contributed by atoms with Crippen molar-refractivity contribution in [2.75, 3.05) is 7.05 Å². The normalized spacial score (nSPS) is 12.5. The number of aryl methyl sites for hydroxylation is 2. The van der Waals surface area contributed by atoms with E-state index in [-0.39, 0.29) is 6.04 Å². The predicted octanol–water partition coefficient (Wildman–Crippen LogP) is 5.68. The van der Waals surface area contributed by atoms with Gasteiger partial charge in [-0.05, 0) is 67.4 Å². The molecule has 2 rings (SSSR count). The minimum absolute atomic E-state index is 0.0686. The van der Waals surface area contributed by atoms with Crippen molar-refractivity contribution in [2.24, 2.45) is 0 Å². The zero-order valence-corrected chi connectivity index (χ0v) is 14.7. The smallest absolute Gasteiger partial charge is 0.0588 e. The third kappa shape index (κ3) is 3.20. The van der Waals surface area contributed by atoms with E-state index in [0.717, 1.165) is 31.2 Å². The SMILES string of the molecule is CNC(c1cc(C)c(Cl)cc1C)c1cc(Cl)ccc1Br. The molecule has 1 nitrogen and oxygen atoms in total. The van der Waals surface area contributed by atoms with E-state index in [0.29, 0.717) is 0 Å². The summed E-state index contributed by atoms with van der Waals surface area (Å²) in [6.45, 7) is 4.09. The molecule has 106 valence electrons. The highest BCUT2D eigenvalue weighted by molar-refractivity contribution is 9.10. The number of hydrogen-bond donors (Lipinski definition) is 1. The molecule has 1 unspecified atom stereocenters. The number of rotatable bonds is 3. The van der Waals surface area contributed by atoms with Gasteiger partial charge in [0.15, 0.2) is 0 Å². The Morgan fingerprint density at radius 3 is 2.35 bits per heavy atom. The van der Waals surface area contributed by atoms with E-state index in [1.165, 1.54) is 5.56 Å². The Bertz CT molecular complexity index is 641. The van der Waals surface area contributed by atoms with Gasteiger partial charge in [-0.15, -0.1) is 0 Å². The Labute approximate surface area is 138 Å². The molecule has 0 saturated carbocycles. The van der Waals surface area contributed by atoms with Crippen LogP contribution in [0.4, 0.5) is 0 Å². The van der Waals surface area contributed by atoms with Gasteiger partial charge in [0.2, 0.25) is 0 Å². The van der Waals surface area contributed by atoms with Gasteiger partial charge in [-0.3, -0.25) is 0 Å². The lowest BCUT2D eigenvalue weighted by Gasteiger charge is -2.22. The Kier molecular flexibility index (Phi) is 5.14. The first-order valence-electron chi connectivity index (χ1n) is 6.33. The second kappa shape index (κ2) is 6.48. The third-order valence-corrected chi connectivity index (χ3v) is 4.78. The first kappa shape index (κ1) is 15.8. The molecule has 0 radical (unpaired) electrons. The molecule has 0 aliphatic heterocycles. The Morgan fingerprint density at radius 1 is 1.00 bits per heavy atom.